The zero-order chi connectivity index (χ0) is 25.3. The van der Waals surface area contributed by atoms with E-state index in [1.807, 2.05) is 16.2 Å². The number of rotatable bonds is 5. The second kappa shape index (κ2) is 8.42. The molecule has 1 aromatic carbocycles. The van der Waals surface area contributed by atoms with Crippen LogP contribution in [0.2, 0.25) is 0 Å². The maximum absolute atomic E-state index is 13.9. The fourth-order valence-electron chi connectivity index (χ4n) is 7.06. The summed E-state index contributed by atoms with van der Waals surface area (Å²) in [7, 11) is 4.22. The first-order valence-corrected chi connectivity index (χ1v) is 13.8. The Kier molecular flexibility index (Phi) is 5.22. The number of aryl methyl sites for hydroxylation is 1. The number of nitrogens with one attached hydrogen (secondary N) is 1. The zero-order valence-electron chi connectivity index (χ0n) is 22.1. The van der Waals surface area contributed by atoms with Crippen LogP contribution in [0.5, 0.6) is 0 Å². The minimum absolute atomic E-state index is 0.0467. The molecule has 0 spiro atoms. The fraction of sp³-hybridized carbons (Fsp3) is 0.500. The molecule has 0 amide bonds. The highest BCUT2D eigenvalue weighted by Crippen LogP contribution is 2.51. The lowest BCUT2D eigenvalue weighted by atomic mass is 9.58. The number of H-pyrrole nitrogens is 1. The number of hydrogen-bond donors (Lipinski definition) is 1. The van der Waals surface area contributed by atoms with Crippen LogP contribution in [0, 0.1) is 5.92 Å². The van der Waals surface area contributed by atoms with Gasteiger partial charge in [-0.05, 0) is 99.8 Å². The van der Waals surface area contributed by atoms with Crippen molar-refractivity contribution in [3.05, 3.63) is 75.9 Å². The van der Waals surface area contributed by atoms with Gasteiger partial charge in [0.05, 0.1) is 5.41 Å². The van der Waals surface area contributed by atoms with E-state index in [0.717, 1.165) is 61.2 Å². The maximum atomic E-state index is 13.9. The predicted octanol–water partition coefficient (Wildman–Crippen LogP) is 4.85. The number of aromatic amines is 1. The standard InChI is InChI=1S/C30H36N6O/c1-19-15-30(16-19,29-33-31-18-35(29)3)22-5-4-6-23(13-22)36-17-25(20-7-8-20)24-14-26(32-27(24)28(36)37)21-9-11-34(2)12-10-21/h4-6,13-14,17-21,32H,7-12,15-16H2,1-3H3. The molecule has 3 aromatic heterocycles. The average molecular weight is 497 g/mol. The molecular weight excluding hydrogens is 460 g/mol. The summed E-state index contributed by atoms with van der Waals surface area (Å²) in [5.41, 5.74) is 5.37. The van der Waals surface area contributed by atoms with E-state index in [-0.39, 0.29) is 11.0 Å². The van der Waals surface area contributed by atoms with Crippen molar-refractivity contribution in [1.29, 1.82) is 0 Å². The maximum Gasteiger partial charge on any atom is 0.279 e. The van der Waals surface area contributed by atoms with E-state index in [1.165, 1.54) is 29.7 Å². The second-order valence-electron chi connectivity index (χ2n) is 12.0. The van der Waals surface area contributed by atoms with Gasteiger partial charge < -0.3 is 14.5 Å². The number of benzene rings is 1. The van der Waals surface area contributed by atoms with E-state index in [1.54, 1.807) is 6.33 Å². The molecule has 1 N–H and O–H groups in total. The molecule has 7 heteroatoms. The SMILES string of the molecule is CC1CC(c2cccc(-n3cc(C4CC4)c4cc(C5CCN(C)CC5)[nH]c4c3=O)c2)(c2nncn2C)C1. The first kappa shape index (κ1) is 23.0. The lowest BCUT2D eigenvalue weighted by Crippen LogP contribution is -2.43. The summed E-state index contributed by atoms with van der Waals surface area (Å²) >= 11 is 0. The van der Waals surface area contributed by atoms with Gasteiger partial charge in [-0.3, -0.25) is 9.36 Å². The van der Waals surface area contributed by atoms with Crippen molar-refractivity contribution in [2.45, 2.75) is 62.7 Å². The molecule has 1 saturated heterocycles. The Hall–Kier alpha value is -3.19. The number of piperidine rings is 1. The van der Waals surface area contributed by atoms with Gasteiger partial charge in [0, 0.05) is 35.9 Å². The molecule has 0 atom stereocenters. The van der Waals surface area contributed by atoms with E-state index in [4.69, 9.17) is 0 Å². The molecule has 4 aromatic rings. The van der Waals surface area contributed by atoms with Crippen LogP contribution >= 0.6 is 0 Å². The molecule has 1 aliphatic heterocycles. The lowest BCUT2D eigenvalue weighted by Gasteiger charge is -2.46. The molecule has 7 nitrogen and oxygen atoms in total. The number of nitrogens with zero attached hydrogens (tertiary/aromatic N) is 5. The molecule has 192 valence electrons. The van der Waals surface area contributed by atoms with E-state index in [2.05, 4.69) is 70.6 Å². The van der Waals surface area contributed by atoms with Gasteiger partial charge in [-0.2, -0.15) is 0 Å². The number of fused-ring (bicyclic) bond motifs is 1. The molecule has 7 rings (SSSR count). The number of likely N-dealkylation sites (tertiary alicyclic amines) is 1. The predicted molar refractivity (Wildman–Crippen MR) is 146 cm³/mol. The van der Waals surface area contributed by atoms with Crippen molar-refractivity contribution < 1.29 is 0 Å². The third kappa shape index (κ3) is 3.69. The molecule has 37 heavy (non-hydrogen) atoms. The van der Waals surface area contributed by atoms with E-state index >= 15 is 0 Å². The molecular formula is C30H36N6O. The van der Waals surface area contributed by atoms with Crippen LogP contribution in [0.4, 0.5) is 0 Å². The van der Waals surface area contributed by atoms with Crippen molar-refractivity contribution >= 4 is 10.9 Å². The van der Waals surface area contributed by atoms with Crippen molar-refractivity contribution in [2.75, 3.05) is 20.1 Å². The van der Waals surface area contributed by atoms with Gasteiger partial charge in [-0.25, -0.2) is 0 Å². The molecule has 4 heterocycles. The van der Waals surface area contributed by atoms with Crippen LogP contribution in [0.15, 0.2) is 47.7 Å². The van der Waals surface area contributed by atoms with Crippen molar-refractivity contribution in [3.8, 4) is 5.69 Å². The monoisotopic (exact) mass is 496 g/mol. The van der Waals surface area contributed by atoms with E-state index in [9.17, 15) is 4.79 Å². The van der Waals surface area contributed by atoms with Gasteiger partial charge in [-0.15, -0.1) is 10.2 Å². The fourth-order valence-corrected chi connectivity index (χ4v) is 7.06. The van der Waals surface area contributed by atoms with Gasteiger partial charge >= 0.3 is 0 Å². The average Bonchev–Trinajstić information content (AvgIpc) is 3.47. The summed E-state index contributed by atoms with van der Waals surface area (Å²) in [6.07, 6.45) is 10.7. The number of pyridine rings is 1. The Labute approximate surface area is 217 Å². The Balaban J connectivity index is 1.34. The van der Waals surface area contributed by atoms with Crippen molar-refractivity contribution in [3.63, 3.8) is 0 Å². The Morgan fingerprint density at radius 1 is 1.03 bits per heavy atom. The van der Waals surface area contributed by atoms with E-state index < -0.39 is 0 Å². The summed E-state index contributed by atoms with van der Waals surface area (Å²) in [4.78, 5) is 20.0. The first-order valence-electron chi connectivity index (χ1n) is 13.8. The quantitative estimate of drug-likeness (QED) is 0.429. The van der Waals surface area contributed by atoms with Gasteiger partial charge in [-0.1, -0.05) is 19.1 Å². The molecule has 0 unspecified atom stereocenters. The highest BCUT2D eigenvalue weighted by atomic mass is 16.1. The number of hydrogen-bond acceptors (Lipinski definition) is 4. The minimum Gasteiger partial charge on any atom is -0.354 e. The molecule has 3 fully saturated rings. The molecule has 2 saturated carbocycles. The largest absolute Gasteiger partial charge is 0.354 e. The van der Waals surface area contributed by atoms with Crippen LogP contribution in [0.1, 0.15) is 79.9 Å². The molecule has 0 radical (unpaired) electrons. The summed E-state index contributed by atoms with van der Waals surface area (Å²) < 4.78 is 3.94. The number of aromatic nitrogens is 5. The first-order chi connectivity index (χ1) is 17.9. The van der Waals surface area contributed by atoms with Gasteiger partial charge in [0.1, 0.15) is 17.7 Å². The second-order valence-corrected chi connectivity index (χ2v) is 12.0. The van der Waals surface area contributed by atoms with E-state index in [0.29, 0.717) is 17.8 Å². The van der Waals surface area contributed by atoms with Gasteiger partial charge in [0.25, 0.3) is 5.56 Å². The Morgan fingerprint density at radius 3 is 2.49 bits per heavy atom. The molecule has 2 aliphatic carbocycles. The zero-order valence-corrected chi connectivity index (χ0v) is 22.1. The van der Waals surface area contributed by atoms with Gasteiger partial charge in [0.2, 0.25) is 0 Å². The highest BCUT2D eigenvalue weighted by Gasteiger charge is 2.48. The topological polar surface area (TPSA) is 71.7 Å². The minimum atomic E-state index is -0.151. The molecule has 3 aliphatic rings. The van der Waals surface area contributed by atoms with Gasteiger partial charge in [0.15, 0.2) is 0 Å². The third-order valence-electron chi connectivity index (χ3n) is 9.24. The Bertz CT molecular complexity index is 1530. The third-order valence-corrected chi connectivity index (χ3v) is 9.24. The van der Waals surface area contributed by atoms with Crippen LogP contribution in [0.3, 0.4) is 0 Å². The smallest absolute Gasteiger partial charge is 0.279 e. The summed E-state index contributed by atoms with van der Waals surface area (Å²) in [6, 6.07) is 10.9. The van der Waals surface area contributed by atoms with Crippen LogP contribution in [-0.4, -0.2) is 49.4 Å². The molecule has 0 bridgehead atoms. The summed E-state index contributed by atoms with van der Waals surface area (Å²) in [6.45, 7) is 4.52. The Morgan fingerprint density at radius 2 is 1.81 bits per heavy atom. The van der Waals surface area contributed by atoms with Crippen molar-refractivity contribution in [1.82, 2.24) is 29.2 Å². The van der Waals surface area contributed by atoms with Crippen molar-refractivity contribution in [2.24, 2.45) is 13.0 Å². The highest BCUT2D eigenvalue weighted by molar-refractivity contribution is 5.84. The van der Waals surface area contributed by atoms with Crippen LogP contribution in [-0.2, 0) is 12.5 Å². The lowest BCUT2D eigenvalue weighted by molar-refractivity contribution is 0.185. The summed E-state index contributed by atoms with van der Waals surface area (Å²) in [5, 5.41) is 9.83. The van der Waals surface area contributed by atoms with Crippen LogP contribution < -0.4 is 5.56 Å². The summed E-state index contributed by atoms with van der Waals surface area (Å²) in [5.74, 6) is 2.70. The normalized spacial score (nSPS) is 25.0. The van der Waals surface area contributed by atoms with Crippen LogP contribution in [0.25, 0.3) is 16.6 Å².